The zero-order valence-corrected chi connectivity index (χ0v) is 46.1. The molecule has 76 heavy (non-hydrogen) atoms. The van der Waals surface area contributed by atoms with Crippen LogP contribution < -0.4 is 0 Å². The average molecular weight is 1170 g/mol. The number of rotatable bonds is 9. The molecule has 0 bridgehead atoms. The first kappa shape index (κ1) is 50.2. The predicted octanol–water partition coefficient (Wildman–Crippen LogP) is 18.5. The number of imidazole rings is 2. The number of para-hydroxylation sites is 8. The summed E-state index contributed by atoms with van der Waals surface area (Å²) in [5, 5.41) is 4.10. The van der Waals surface area contributed by atoms with Crippen molar-refractivity contribution in [1.29, 1.82) is 0 Å². The molecule has 0 unspecified atom stereocenters. The second-order valence-corrected chi connectivity index (χ2v) is 20.7. The van der Waals surface area contributed by atoms with Crippen molar-refractivity contribution in [1.82, 2.24) is 24.1 Å². The molecule has 0 aliphatic rings. The van der Waals surface area contributed by atoms with Crippen molar-refractivity contribution in [2.24, 2.45) is 0 Å². The summed E-state index contributed by atoms with van der Waals surface area (Å²) >= 11 is 0. The van der Waals surface area contributed by atoms with E-state index in [-0.39, 0.29) is 25.9 Å². The fourth-order valence-electron chi connectivity index (χ4n) is 10.8. The second-order valence-electron chi connectivity index (χ2n) is 20.7. The predicted molar refractivity (Wildman–Crippen MR) is 305 cm³/mol. The number of benzene rings is 8. The van der Waals surface area contributed by atoms with Crippen LogP contribution in [0.5, 0.6) is 0 Å². The molecule has 0 saturated carbocycles. The van der Waals surface area contributed by atoms with E-state index in [1.54, 1.807) is 6.07 Å². The van der Waals surface area contributed by atoms with E-state index in [4.69, 9.17) is 23.8 Å². The maximum atomic E-state index is 13.5. The molecule has 0 aliphatic carbocycles. The molecule has 0 fully saturated rings. The molecule has 0 atom stereocenters. The Morgan fingerprint density at radius 1 is 0.461 bits per heavy atom. The van der Waals surface area contributed by atoms with Crippen LogP contribution in [0.1, 0.15) is 101 Å². The van der Waals surface area contributed by atoms with Gasteiger partial charge in [-0.2, -0.15) is 0 Å². The van der Waals surface area contributed by atoms with Crippen LogP contribution in [0.4, 0.5) is 4.39 Å². The van der Waals surface area contributed by atoms with Crippen molar-refractivity contribution in [3.8, 4) is 45.4 Å². The van der Waals surface area contributed by atoms with E-state index in [0.717, 1.165) is 94.4 Å². The number of aromatic nitrogens is 5. The molecule has 1 radical (unpaired) electrons. The maximum absolute atomic E-state index is 13.5. The van der Waals surface area contributed by atoms with E-state index in [2.05, 4.69) is 180 Å². The molecule has 5 aromatic heterocycles. The largest absolute Gasteiger partial charge is 0.486 e. The third-order valence-electron chi connectivity index (χ3n) is 14.5. The summed E-state index contributed by atoms with van der Waals surface area (Å²) in [5.41, 5.74) is 17.7. The first-order valence-corrected chi connectivity index (χ1v) is 26.0. The van der Waals surface area contributed by atoms with Gasteiger partial charge in [-0.25, -0.2) is 4.98 Å². The third-order valence-corrected chi connectivity index (χ3v) is 14.5. The van der Waals surface area contributed by atoms with Gasteiger partial charge in [-0.15, -0.1) is 48.0 Å². The molecule has 9 heteroatoms. The van der Waals surface area contributed by atoms with Crippen LogP contribution in [0.3, 0.4) is 0 Å². The minimum absolute atomic E-state index is 0. The van der Waals surface area contributed by atoms with Crippen LogP contribution in [-0.2, 0) is 20.1 Å². The number of fused-ring (bicyclic) bond motifs is 8. The van der Waals surface area contributed by atoms with E-state index in [9.17, 15) is 4.39 Å². The van der Waals surface area contributed by atoms with Gasteiger partial charge in [-0.3, -0.25) is 14.4 Å². The van der Waals surface area contributed by atoms with Gasteiger partial charge in [0.25, 0.3) is 0 Å². The number of halogens is 1. The van der Waals surface area contributed by atoms with Crippen LogP contribution in [-0.4, -0.2) is 24.1 Å². The number of pyridine rings is 1. The third kappa shape index (κ3) is 8.62. The summed E-state index contributed by atoms with van der Waals surface area (Å²) in [6.45, 7) is 17.9. The smallest absolute Gasteiger partial charge is 0.216 e. The topological polar surface area (TPSA) is 74.8 Å². The molecule has 0 aliphatic heterocycles. The summed E-state index contributed by atoms with van der Waals surface area (Å²) in [6, 6.07) is 63.4. The Morgan fingerprint density at radius 2 is 1.00 bits per heavy atom. The Labute approximate surface area is 455 Å². The number of furan rings is 2. The summed E-state index contributed by atoms with van der Waals surface area (Å²) in [6.07, 6.45) is 0. The van der Waals surface area contributed by atoms with E-state index in [1.807, 2.05) is 48.5 Å². The molecule has 13 rings (SSSR count). The number of hydrogen-bond acceptors (Lipinski definition) is 5. The van der Waals surface area contributed by atoms with E-state index < -0.39 is 0 Å². The Bertz CT molecular complexity index is 4240. The first-order valence-electron chi connectivity index (χ1n) is 26.0. The van der Waals surface area contributed by atoms with Crippen LogP contribution >= 0.6 is 0 Å². The molecule has 0 N–H and O–H groups in total. The molecule has 5 heterocycles. The fraction of sp³-hybridized carbons (Fsp3) is 0.179. The molecular formula is C67H56FIrN5O2-2. The Balaban J connectivity index is 0.000000182. The van der Waals surface area contributed by atoms with Gasteiger partial charge >= 0.3 is 0 Å². The van der Waals surface area contributed by atoms with Gasteiger partial charge < -0.3 is 18.0 Å². The van der Waals surface area contributed by atoms with Crippen molar-refractivity contribution in [2.75, 3.05) is 0 Å². The van der Waals surface area contributed by atoms with E-state index in [1.165, 1.54) is 45.8 Å². The molecule has 7 nitrogen and oxygen atoms in total. The van der Waals surface area contributed by atoms with Gasteiger partial charge in [-0.1, -0.05) is 157 Å². The first-order chi connectivity index (χ1) is 36.4. The molecule has 0 saturated heterocycles. The molecule has 13 aromatic rings. The van der Waals surface area contributed by atoms with Crippen molar-refractivity contribution in [2.45, 2.75) is 79.1 Å². The molecule has 8 aromatic carbocycles. The quantitative estimate of drug-likeness (QED) is 0.135. The van der Waals surface area contributed by atoms with Gasteiger partial charge in [-0.05, 0) is 94.5 Å². The van der Waals surface area contributed by atoms with Crippen molar-refractivity contribution in [3.05, 3.63) is 210 Å². The van der Waals surface area contributed by atoms with Gasteiger partial charge in [0.1, 0.15) is 11.2 Å². The fourth-order valence-corrected chi connectivity index (χ4v) is 10.8. The standard InChI is InChI=1S/C42H32N3O2.C25H24FN2.Ir/c1-24(2)26-13-9-14-27(25(3)4)38(26)45-36-20-7-6-19-35(36)43-41(45)33-18-11-16-30-31-22-23-34(44-42(31)47-40(30)33)32-17-10-15-29-28-12-5-8-21-37(28)46-39(29)32;1-16(2)20-8-7-9-21(17(3)4)24(20)28-23-11-6-5-10-22(23)27-25(28)18-12-14-19(26)15-13-18;/h5-17,19-25H,1-4H3;5-12,14-17H,1-4H3;/q2*-1;. The van der Waals surface area contributed by atoms with E-state index in [0.29, 0.717) is 29.4 Å². The molecule has 379 valence electrons. The van der Waals surface area contributed by atoms with Crippen molar-refractivity contribution in [3.63, 3.8) is 0 Å². The number of hydrogen-bond donors (Lipinski definition) is 0. The summed E-state index contributed by atoms with van der Waals surface area (Å²) in [5.74, 6) is 2.66. The average Bonchev–Trinajstić information content (AvgIpc) is 4.26. The SMILES string of the molecule is CC(C)c1cccc(C(C)C)c1-n1c(-c2[c-]cc(F)cc2)nc2ccccc21.CC(C)c1cccc(C(C)C)c1-n1c(-c2[c-]ccc3c2oc2nc(-c4cccc5c4oc4ccccc45)ccc23)nc2ccccc21.[Ir]. The minimum Gasteiger partial charge on any atom is -0.486 e. The van der Waals surface area contributed by atoms with Crippen molar-refractivity contribution < 1.29 is 33.3 Å². The summed E-state index contributed by atoms with van der Waals surface area (Å²) < 4.78 is 31.1. The summed E-state index contributed by atoms with van der Waals surface area (Å²) in [7, 11) is 0. The summed E-state index contributed by atoms with van der Waals surface area (Å²) in [4.78, 5) is 15.2. The Hall–Kier alpha value is -7.97. The minimum atomic E-state index is -0.295. The van der Waals surface area contributed by atoms with Crippen LogP contribution in [0.25, 0.3) is 111 Å². The Kier molecular flexibility index (Phi) is 13.4. The normalized spacial score (nSPS) is 11.9. The van der Waals surface area contributed by atoms with Crippen LogP contribution in [0.15, 0.2) is 179 Å². The van der Waals surface area contributed by atoms with Gasteiger partial charge in [0.15, 0.2) is 0 Å². The zero-order valence-electron chi connectivity index (χ0n) is 43.7. The van der Waals surface area contributed by atoms with Crippen LogP contribution in [0.2, 0.25) is 0 Å². The maximum Gasteiger partial charge on any atom is 0.216 e. The monoisotopic (exact) mass is 1170 g/mol. The second kappa shape index (κ2) is 20.3. The van der Waals surface area contributed by atoms with Crippen LogP contribution in [0, 0.1) is 17.9 Å². The zero-order chi connectivity index (χ0) is 51.6. The van der Waals surface area contributed by atoms with Gasteiger partial charge in [0, 0.05) is 59.0 Å². The Morgan fingerprint density at radius 3 is 1.61 bits per heavy atom. The molecular weight excluding hydrogens is 1120 g/mol. The number of nitrogens with zero attached hydrogens (tertiary/aromatic N) is 5. The van der Waals surface area contributed by atoms with Gasteiger partial charge in [0.2, 0.25) is 5.71 Å². The molecule has 0 spiro atoms. The molecule has 0 amide bonds. The van der Waals surface area contributed by atoms with Gasteiger partial charge in [0.05, 0.1) is 45.0 Å². The van der Waals surface area contributed by atoms with Crippen molar-refractivity contribution >= 4 is 66.1 Å². The van der Waals surface area contributed by atoms with E-state index >= 15 is 0 Å².